The lowest BCUT2D eigenvalue weighted by Gasteiger charge is -1.95. The number of hydrogen-bond donors (Lipinski definition) is 3. The molecule has 0 bridgehead atoms. The maximum atomic E-state index is 9.24. The van der Waals surface area contributed by atoms with Crippen LogP contribution >= 0.6 is 11.6 Å². The van der Waals surface area contributed by atoms with Crippen molar-refractivity contribution in [3.63, 3.8) is 0 Å². The summed E-state index contributed by atoms with van der Waals surface area (Å²) in [4.78, 5) is 9.24. The van der Waals surface area contributed by atoms with Crippen molar-refractivity contribution in [3.8, 4) is 5.75 Å². The van der Waals surface area contributed by atoms with Gasteiger partial charge in [-0.2, -0.15) is 0 Å². The van der Waals surface area contributed by atoms with E-state index in [1.807, 2.05) is 6.07 Å². The van der Waals surface area contributed by atoms with Crippen molar-refractivity contribution in [1.29, 1.82) is 0 Å². The van der Waals surface area contributed by atoms with Crippen LogP contribution < -0.4 is 5.73 Å². The Kier molecular flexibility index (Phi) is 6.53. The van der Waals surface area contributed by atoms with Gasteiger partial charge in [-0.1, -0.05) is 18.2 Å². The molecule has 5 heteroatoms. The van der Waals surface area contributed by atoms with E-state index in [4.69, 9.17) is 21.8 Å². The molecule has 0 aliphatic heterocycles. The van der Waals surface area contributed by atoms with E-state index >= 15 is 0 Å². The van der Waals surface area contributed by atoms with Crippen LogP contribution in [0, 0.1) is 0 Å². The summed E-state index contributed by atoms with van der Waals surface area (Å²) in [5, 5.41) is 16.6. The fourth-order valence-electron chi connectivity index (χ4n) is 0.624. The zero-order valence-electron chi connectivity index (χ0n) is 7.48. The van der Waals surface area contributed by atoms with Gasteiger partial charge < -0.3 is 15.9 Å². The molecule has 4 nitrogen and oxygen atoms in total. The molecular formula is C9H12ClNO3. The van der Waals surface area contributed by atoms with Crippen molar-refractivity contribution in [2.45, 2.75) is 5.88 Å². The first-order valence-corrected chi connectivity index (χ1v) is 4.40. The summed E-state index contributed by atoms with van der Waals surface area (Å²) in [6, 6.07) is 7.03. The minimum atomic E-state index is -0.968. The van der Waals surface area contributed by atoms with Crippen molar-refractivity contribution in [1.82, 2.24) is 0 Å². The molecule has 14 heavy (non-hydrogen) atoms. The Hall–Kier alpha value is -1.26. The van der Waals surface area contributed by atoms with E-state index < -0.39 is 5.97 Å². The first kappa shape index (κ1) is 12.7. The van der Waals surface area contributed by atoms with Crippen LogP contribution in [0.25, 0.3) is 0 Å². The van der Waals surface area contributed by atoms with Crippen molar-refractivity contribution >= 4 is 17.6 Å². The standard InChI is InChI=1S/C7H7ClO.C2H5NO2/c8-5-6-3-1-2-4-7(6)9;3-1-2(4)5/h1-4,9H,5H2;1,3H2,(H,4,5). The molecule has 0 spiro atoms. The molecule has 0 heterocycles. The SMILES string of the molecule is NCC(=O)O.Oc1ccccc1CCl. The van der Waals surface area contributed by atoms with Crippen LogP contribution in [0.3, 0.4) is 0 Å². The number of benzene rings is 1. The van der Waals surface area contributed by atoms with Gasteiger partial charge in [0, 0.05) is 5.56 Å². The summed E-state index contributed by atoms with van der Waals surface area (Å²) in [7, 11) is 0. The van der Waals surface area contributed by atoms with Gasteiger partial charge in [0.05, 0.1) is 12.4 Å². The van der Waals surface area contributed by atoms with Gasteiger partial charge >= 0.3 is 5.97 Å². The zero-order chi connectivity index (χ0) is 11.0. The lowest BCUT2D eigenvalue weighted by atomic mass is 10.2. The Morgan fingerprint density at radius 1 is 1.43 bits per heavy atom. The number of aromatic hydroxyl groups is 1. The van der Waals surface area contributed by atoms with E-state index in [0.717, 1.165) is 5.56 Å². The van der Waals surface area contributed by atoms with Crippen LogP contribution in [0.1, 0.15) is 5.56 Å². The third-order valence-electron chi connectivity index (χ3n) is 1.31. The van der Waals surface area contributed by atoms with Crippen LogP contribution in [-0.4, -0.2) is 22.7 Å². The van der Waals surface area contributed by atoms with Crippen LogP contribution in [0.15, 0.2) is 24.3 Å². The fourth-order valence-corrected chi connectivity index (χ4v) is 0.850. The van der Waals surface area contributed by atoms with Crippen molar-refractivity contribution < 1.29 is 15.0 Å². The fraction of sp³-hybridized carbons (Fsp3) is 0.222. The van der Waals surface area contributed by atoms with Gasteiger partial charge in [-0.3, -0.25) is 4.79 Å². The molecule has 1 aromatic carbocycles. The average molecular weight is 218 g/mol. The summed E-state index contributed by atoms with van der Waals surface area (Å²) in [6.45, 7) is -0.278. The molecule has 78 valence electrons. The third kappa shape index (κ3) is 5.40. The Morgan fingerprint density at radius 3 is 2.21 bits per heavy atom. The van der Waals surface area contributed by atoms with Crippen LogP contribution in [0.4, 0.5) is 0 Å². The Labute approximate surface area is 86.9 Å². The topological polar surface area (TPSA) is 83.6 Å². The summed E-state index contributed by atoms with van der Waals surface area (Å²) >= 11 is 5.47. The van der Waals surface area contributed by atoms with Crippen molar-refractivity contribution in [2.75, 3.05) is 6.54 Å². The number of hydrogen-bond acceptors (Lipinski definition) is 3. The maximum Gasteiger partial charge on any atom is 0.317 e. The minimum absolute atomic E-state index is 0.271. The van der Waals surface area contributed by atoms with E-state index in [0.29, 0.717) is 5.88 Å². The quantitative estimate of drug-likeness (QED) is 0.650. The molecule has 0 amide bonds. The highest BCUT2D eigenvalue weighted by Gasteiger charge is 1.93. The normalized spacial score (nSPS) is 8.71. The first-order valence-electron chi connectivity index (χ1n) is 3.86. The largest absolute Gasteiger partial charge is 0.508 e. The molecule has 0 saturated carbocycles. The number of halogens is 1. The molecule has 1 aromatic rings. The molecule has 0 unspecified atom stereocenters. The van der Waals surface area contributed by atoms with Gasteiger partial charge in [0.2, 0.25) is 0 Å². The van der Waals surface area contributed by atoms with Gasteiger partial charge in [0.15, 0.2) is 0 Å². The first-order chi connectivity index (χ1) is 6.61. The van der Waals surface area contributed by atoms with Crippen LogP contribution in [-0.2, 0) is 10.7 Å². The summed E-state index contributed by atoms with van der Waals surface area (Å²) in [5.41, 5.74) is 5.35. The van der Waals surface area contributed by atoms with Crippen molar-refractivity contribution in [2.24, 2.45) is 5.73 Å². The highest BCUT2D eigenvalue weighted by molar-refractivity contribution is 6.17. The van der Waals surface area contributed by atoms with E-state index in [2.05, 4.69) is 5.73 Å². The van der Waals surface area contributed by atoms with Gasteiger partial charge in [0.1, 0.15) is 5.75 Å². The average Bonchev–Trinajstić information content (AvgIpc) is 2.19. The minimum Gasteiger partial charge on any atom is -0.508 e. The highest BCUT2D eigenvalue weighted by atomic mass is 35.5. The van der Waals surface area contributed by atoms with E-state index in [9.17, 15) is 4.79 Å². The smallest absolute Gasteiger partial charge is 0.317 e. The second-order valence-electron chi connectivity index (χ2n) is 2.36. The van der Waals surface area contributed by atoms with Crippen molar-refractivity contribution in [3.05, 3.63) is 29.8 Å². The number of nitrogens with two attached hydrogens (primary N) is 1. The molecule has 1 rings (SSSR count). The molecule has 0 aliphatic rings. The molecule has 4 N–H and O–H groups in total. The van der Waals surface area contributed by atoms with Crippen LogP contribution in [0.2, 0.25) is 0 Å². The number of alkyl halides is 1. The Morgan fingerprint density at radius 2 is 1.93 bits per heavy atom. The predicted octanol–water partition coefficient (Wildman–Crippen LogP) is 1.16. The van der Waals surface area contributed by atoms with Gasteiger partial charge in [0.25, 0.3) is 0 Å². The number of carbonyl (C=O) groups is 1. The number of carboxylic acid groups (broad SMARTS) is 1. The maximum absolute atomic E-state index is 9.24. The highest BCUT2D eigenvalue weighted by Crippen LogP contribution is 2.16. The van der Waals surface area contributed by atoms with Crippen LogP contribution in [0.5, 0.6) is 5.75 Å². The molecule has 0 saturated heterocycles. The molecule has 0 fully saturated rings. The lowest BCUT2D eigenvalue weighted by molar-refractivity contribution is -0.135. The number of para-hydroxylation sites is 1. The van der Waals surface area contributed by atoms with Gasteiger partial charge in [-0.25, -0.2) is 0 Å². The second-order valence-corrected chi connectivity index (χ2v) is 2.63. The lowest BCUT2D eigenvalue weighted by Crippen LogP contribution is -2.10. The molecule has 0 radical (unpaired) electrons. The zero-order valence-corrected chi connectivity index (χ0v) is 8.24. The Balaban J connectivity index is 0.000000292. The monoisotopic (exact) mass is 217 g/mol. The van der Waals surface area contributed by atoms with Gasteiger partial charge in [-0.15, -0.1) is 11.6 Å². The summed E-state index contributed by atoms with van der Waals surface area (Å²) in [6.07, 6.45) is 0. The molecule has 0 aliphatic carbocycles. The number of aliphatic carboxylic acids is 1. The third-order valence-corrected chi connectivity index (χ3v) is 1.60. The summed E-state index contributed by atoms with van der Waals surface area (Å²) in [5.74, 6) is -0.329. The Bertz CT molecular complexity index is 291. The van der Waals surface area contributed by atoms with E-state index in [1.54, 1.807) is 18.2 Å². The van der Waals surface area contributed by atoms with E-state index in [1.165, 1.54) is 0 Å². The molecule has 0 aromatic heterocycles. The number of rotatable bonds is 2. The molecule has 0 atom stereocenters. The number of phenols is 1. The van der Waals surface area contributed by atoms with E-state index in [-0.39, 0.29) is 12.3 Å². The molecular weight excluding hydrogens is 206 g/mol. The van der Waals surface area contributed by atoms with Gasteiger partial charge in [-0.05, 0) is 6.07 Å². The predicted molar refractivity (Wildman–Crippen MR) is 54.4 cm³/mol. The summed E-state index contributed by atoms with van der Waals surface area (Å²) < 4.78 is 0. The number of phenolic OH excluding ortho intramolecular Hbond substituents is 1. The second kappa shape index (κ2) is 7.17. The number of carboxylic acids is 1.